The molecule has 26 heavy (non-hydrogen) atoms. The topological polar surface area (TPSA) is 75.1 Å². The van der Waals surface area contributed by atoms with Gasteiger partial charge in [-0.3, -0.25) is 0 Å². The van der Waals surface area contributed by atoms with Crippen LogP contribution in [-0.4, -0.2) is 21.0 Å². The summed E-state index contributed by atoms with van der Waals surface area (Å²) in [5, 5.41) is 12.4. The zero-order chi connectivity index (χ0) is 18.7. The Morgan fingerprint density at radius 2 is 1.77 bits per heavy atom. The maximum Gasteiger partial charge on any atom is 0.335 e. The van der Waals surface area contributed by atoms with Crippen molar-refractivity contribution in [3.8, 4) is 11.4 Å². The fraction of sp³-hybridized carbons (Fsp3) is 0.190. The largest absolute Gasteiger partial charge is 0.478 e. The molecule has 0 unspecified atom stereocenters. The SMILES string of the molecule is Cc1ccc(-c2nc(Nc3cccc(C(=O)O)c3)cc(C(C)C)n2)cc1. The van der Waals surface area contributed by atoms with E-state index < -0.39 is 5.97 Å². The molecule has 5 nitrogen and oxygen atoms in total. The first-order valence-electron chi connectivity index (χ1n) is 8.49. The molecule has 0 radical (unpaired) electrons. The van der Waals surface area contributed by atoms with Gasteiger partial charge in [0.15, 0.2) is 5.82 Å². The summed E-state index contributed by atoms with van der Waals surface area (Å²) in [6.45, 7) is 6.20. The van der Waals surface area contributed by atoms with Crippen molar-refractivity contribution in [3.63, 3.8) is 0 Å². The van der Waals surface area contributed by atoms with Gasteiger partial charge in [-0.2, -0.15) is 0 Å². The molecule has 2 aromatic carbocycles. The van der Waals surface area contributed by atoms with Crippen LogP contribution in [0.25, 0.3) is 11.4 Å². The number of aromatic carboxylic acids is 1. The van der Waals surface area contributed by atoms with Crippen LogP contribution in [0.1, 0.15) is 41.4 Å². The molecule has 0 aliphatic rings. The van der Waals surface area contributed by atoms with Gasteiger partial charge in [0.1, 0.15) is 5.82 Å². The summed E-state index contributed by atoms with van der Waals surface area (Å²) in [5.41, 5.74) is 3.95. The van der Waals surface area contributed by atoms with E-state index in [-0.39, 0.29) is 11.5 Å². The Hall–Kier alpha value is -3.21. The van der Waals surface area contributed by atoms with Gasteiger partial charge in [0.05, 0.1) is 5.56 Å². The third-order valence-electron chi connectivity index (χ3n) is 4.03. The van der Waals surface area contributed by atoms with Gasteiger partial charge in [-0.15, -0.1) is 0 Å². The van der Waals surface area contributed by atoms with Crippen LogP contribution in [0.4, 0.5) is 11.5 Å². The number of rotatable bonds is 5. The van der Waals surface area contributed by atoms with E-state index in [2.05, 4.69) is 29.1 Å². The number of aryl methyl sites for hydroxylation is 1. The first-order chi connectivity index (χ1) is 12.4. The fourth-order valence-electron chi connectivity index (χ4n) is 2.54. The summed E-state index contributed by atoms with van der Waals surface area (Å²) in [7, 11) is 0. The Bertz CT molecular complexity index is 934. The number of nitrogens with one attached hydrogen (secondary N) is 1. The third-order valence-corrected chi connectivity index (χ3v) is 4.03. The molecule has 1 heterocycles. The predicted octanol–water partition coefficient (Wildman–Crippen LogP) is 5.02. The molecule has 0 spiro atoms. The summed E-state index contributed by atoms with van der Waals surface area (Å²) in [6.07, 6.45) is 0. The molecule has 0 aliphatic heterocycles. The normalized spacial score (nSPS) is 10.8. The molecule has 0 bridgehead atoms. The molecule has 0 saturated heterocycles. The number of benzene rings is 2. The van der Waals surface area contributed by atoms with Crippen LogP contribution in [0.15, 0.2) is 54.6 Å². The predicted molar refractivity (Wildman–Crippen MR) is 103 cm³/mol. The van der Waals surface area contributed by atoms with Crippen LogP contribution >= 0.6 is 0 Å². The summed E-state index contributed by atoms with van der Waals surface area (Å²) in [5.74, 6) is 0.572. The standard InChI is InChI=1S/C21H21N3O2/c1-13(2)18-12-19(22-17-6-4-5-16(11-17)21(25)26)24-20(23-18)15-9-7-14(3)8-10-15/h4-13H,1-3H3,(H,25,26)(H,22,23,24). The average molecular weight is 347 g/mol. The second-order valence-electron chi connectivity index (χ2n) is 6.53. The van der Waals surface area contributed by atoms with Crippen molar-refractivity contribution < 1.29 is 9.90 Å². The second kappa shape index (κ2) is 7.35. The zero-order valence-electron chi connectivity index (χ0n) is 15.0. The Morgan fingerprint density at radius 3 is 2.42 bits per heavy atom. The minimum Gasteiger partial charge on any atom is -0.478 e. The average Bonchev–Trinajstić information content (AvgIpc) is 2.62. The maximum absolute atomic E-state index is 11.2. The van der Waals surface area contributed by atoms with Crippen LogP contribution in [0.3, 0.4) is 0 Å². The second-order valence-corrected chi connectivity index (χ2v) is 6.53. The highest BCUT2D eigenvalue weighted by atomic mass is 16.4. The van der Waals surface area contributed by atoms with E-state index in [1.807, 2.05) is 43.3 Å². The molecule has 0 saturated carbocycles. The van der Waals surface area contributed by atoms with E-state index in [9.17, 15) is 4.79 Å². The van der Waals surface area contributed by atoms with Crippen molar-refractivity contribution in [2.45, 2.75) is 26.7 Å². The van der Waals surface area contributed by atoms with Gasteiger partial charge in [-0.1, -0.05) is 49.7 Å². The van der Waals surface area contributed by atoms with Gasteiger partial charge in [-0.05, 0) is 31.0 Å². The number of aromatic nitrogens is 2. The van der Waals surface area contributed by atoms with Crippen LogP contribution in [0.2, 0.25) is 0 Å². The highest BCUT2D eigenvalue weighted by Gasteiger charge is 2.11. The van der Waals surface area contributed by atoms with Crippen molar-refractivity contribution in [1.82, 2.24) is 9.97 Å². The molecule has 0 amide bonds. The summed E-state index contributed by atoms with van der Waals surface area (Å²) in [4.78, 5) is 20.5. The Morgan fingerprint density at radius 1 is 1.04 bits per heavy atom. The number of hydrogen-bond acceptors (Lipinski definition) is 4. The molecule has 0 aliphatic carbocycles. The molecule has 2 N–H and O–H groups in total. The molecule has 132 valence electrons. The number of anilines is 2. The number of carbonyl (C=O) groups is 1. The first-order valence-corrected chi connectivity index (χ1v) is 8.49. The molecule has 5 heteroatoms. The van der Waals surface area contributed by atoms with E-state index in [0.717, 1.165) is 11.3 Å². The fourth-order valence-corrected chi connectivity index (χ4v) is 2.54. The van der Waals surface area contributed by atoms with Crippen LogP contribution < -0.4 is 5.32 Å². The van der Waals surface area contributed by atoms with Gasteiger partial charge in [0, 0.05) is 23.0 Å². The number of nitrogens with zero attached hydrogens (tertiary/aromatic N) is 2. The van der Waals surface area contributed by atoms with E-state index >= 15 is 0 Å². The highest BCUT2D eigenvalue weighted by Crippen LogP contribution is 2.24. The minimum absolute atomic E-state index is 0.229. The number of carboxylic acids is 1. The first kappa shape index (κ1) is 17.6. The van der Waals surface area contributed by atoms with Crippen LogP contribution in [0.5, 0.6) is 0 Å². The lowest BCUT2D eigenvalue weighted by Crippen LogP contribution is -2.03. The lowest BCUT2D eigenvalue weighted by atomic mass is 10.1. The van der Waals surface area contributed by atoms with Gasteiger partial charge >= 0.3 is 5.97 Å². The molecular formula is C21H21N3O2. The Balaban J connectivity index is 2.00. The van der Waals surface area contributed by atoms with Crippen LogP contribution in [0, 0.1) is 6.92 Å². The molecule has 3 aromatic rings. The van der Waals surface area contributed by atoms with Gasteiger partial charge < -0.3 is 10.4 Å². The third kappa shape index (κ3) is 4.06. The van der Waals surface area contributed by atoms with E-state index in [0.29, 0.717) is 17.3 Å². The summed E-state index contributed by atoms with van der Waals surface area (Å²) >= 11 is 0. The minimum atomic E-state index is -0.959. The molecule has 0 atom stereocenters. The number of carboxylic acid groups (broad SMARTS) is 1. The smallest absolute Gasteiger partial charge is 0.335 e. The van der Waals surface area contributed by atoms with E-state index in [4.69, 9.17) is 5.11 Å². The zero-order valence-corrected chi connectivity index (χ0v) is 15.0. The Labute approximate surface area is 152 Å². The Kier molecular flexibility index (Phi) is 4.98. The van der Waals surface area contributed by atoms with Crippen LogP contribution in [-0.2, 0) is 0 Å². The van der Waals surface area contributed by atoms with Crippen molar-refractivity contribution in [1.29, 1.82) is 0 Å². The molecule has 0 fully saturated rings. The summed E-state index contributed by atoms with van der Waals surface area (Å²) < 4.78 is 0. The van der Waals surface area contributed by atoms with E-state index in [1.165, 1.54) is 5.56 Å². The van der Waals surface area contributed by atoms with E-state index in [1.54, 1.807) is 18.2 Å². The highest BCUT2D eigenvalue weighted by molar-refractivity contribution is 5.89. The summed E-state index contributed by atoms with van der Waals surface area (Å²) in [6, 6.07) is 16.6. The molecule has 3 rings (SSSR count). The van der Waals surface area contributed by atoms with Crippen molar-refractivity contribution in [3.05, 3.63) is 71.4 Å². The molecular weight excluding hydrogens is 326 g/mol. The van der Waals surface area contributed by atoms with Crippen molar-refractivity contribution in [2.75, 3.05) is 5.32 Å². The van der Waals surface area contributed by atoms with Gasteiger partial charge in [0.25, 0.3) is 0 Å². The number of hydrogen-bond donors (Lipinski definition) is 2. The lowest BCUT2D eigenvalue weighted by molar-refractivity contribution is 0.0697. The maximum atomic E-state index is 11.2. The quantitative estimate of drug-likeness (QED) is 0.678. The lowest BCUT2D eigenvalue weighted by Gasteiger charge is -2.12. The van der Waals surface area contributed by atoms with Crippen molar-refractivity contribution in [2.24, 2.45) is 0 Å². The van der Waals surface area contributed by atoms with Gasteiger partial charge in [0.2, 0.25) is 0 Å². The van der Waals surface area contributed by atoms with Crippen molar-refractivity contribution >= 4 is 17.5 Å². The monoisotopic (exact) mass is 347 g/mol. The molecule has 1 aromatic heterocycles. The van der Waals surface area contributed by atoms with Gasteiger partial charge in [-0.25, -0.2) is 14.8 Å².